The highest BCUT2D eigenvalue weighted by atomic mass is 32.2. The number of likely N-dealkylation sites (tertiary alicyclic amines) is 1. The maximum Gasteiger partial charge on any atom is 0.253 e. The molecule has 1 saturated heterocycles. The first-order valence-electron chi connectivity index (χ1n) is 10.4. The molecule has 0 unspecified atom stereocenters. The number of hydrogen-bond donors (Lipinski definition) is 1. The van der Waals surface area contributed by atoms with Crippen LogP contribution in [-0.2, 0) is 14.8 Å². The van der Waals surface area contributed by atoms with Gasteiger partial charge in [0.1, 0.15) is 6.54 Å². The van der Waals surface area contributed by atoms with Gasteiger partial charge in [-0.3, -0.25) is 13.9 Å². The molecule has 8 nitrogen and oxygen atoms in total. The van der Waals surface area contributed by atoms with E-state index in [9.17, 15) is 18.0 Å². The van der Waals surface area contributed by atoms with Crippen molar-refractivity contribution in [3.05, 3.63) is 29.8 Å². The lowest BCUT2D eigenvalue weighted by Gasteiger charge is -2.30. The van der Waals surface area contributed by atoms with Crippen molar-refractivity contribution in [2.75, 3.05) is 57.4 Å². The van der Waals surface area contributed by atoms with Crippen molar-refractivity contribution in [1.82, 2.24) is 15.1 Å². The van der Waals surface area contributed by atoms with Crippen LogP contribution >= 0.6 is 0 Å². The number of nitrogens with one attached hydrogen (secondary N) is 1. The molecule has 9 heteroatoms. The first-order valence-corrected chi connectivity index (χ1v) is 12.2. The molecule has 0 atom stereocenters. The third-order valence-corrected chi connectivity index (χ3v) is 6.49. The average Bonchev–Trinajstić information content (AvgIpc) is 2.69. The van der Waals surface area contributed by atoms with E-state index in [2.05, 4.69) is 17.1 Å². The van der Waals surface area contributed by atoms with Crippen LogP contribution in [-0.4, -0.2) is 83.1 Å². The molecule has 0 radical (unpaired) electrons. The predicted octanol–water partition coefficient (Wildman–Crippen LogP) is 1.39. The number of anilines is 1. The molecule has 2 rings (SSSR count). The summed E-state index contributed by atoms with van der Waals surface area (Å²) in [7, 11) is -0.351. The molecule has 1 heterocycles. The number of hydrogen-bond acceptors (Lipinski definition) is 5. The van der Waals surface area contributed by atoms with Gasteiger partial charge < -0.3 is 15.1 Å². The van der Waals surface area contributed by atoms with Crippen molar-refractivity contribution in [1.29, 1.82) is 0 Å². The molecule has 1 aliphatic rings. The molecule has 168 valence electrons. The summed E-state index contributed by atoms with van der Waals surface area (Å²) in [4.78, 5) is 28.2. The van der Waals surface area contributed by atoms with Gasteiger partial charge in [-0.25, -0.2) is 8.42 Å². The van der Waals surface area contributed by atoms with E-state index in [4.69, 9.17) is 0 Å². The van der Waals surface area contributed by atoms with Gasteiger partial charge in [-0.05, 0) is 69.1 Å². The van der Waals surface area contributed by atoms with Gasteiger partial charge in [0.05, 0.1) is 11.9 Å². The van der Waals surface area contributed by atoms with Gasteiger partial charge in [0.15, 0.2) is 0 Å². The maximum atomic E-state index is 12.3. The van der Waals surface area contributed by atoms with Crippen LogP contribution in [0.1, 0.15) is 36.5 Å². The van der Waals surface area contributed by atoms with Crippen molar-refractivity contribution < 1.29 is 18.0 Å². The van der Waals surface area contributed by atoms with Gasteiger partial charge >= 0.3 is 0 Å². The first-order chi connectivity index (χ1) is 14.1. The van der Waals surface area contributed by atoms with Crippen molar-refractivity contribution in [3.8, 4) is 0 Å². The van der Waals surface area contributed by atoms with Crippen LogP contribution in [0, 0.1) is 5.92 Å². The SMILES string of the molecule is CC1CCN(CCCNC(=O)CN(c2ccc(C(=O)N(C)C)cc2)S(C)(=O)=O)CC1. The van der Waals surface area contributed by atoms with E-state index in [0.29, 0.717) is 17.8 Å². The Kier molecular flexibility index (Phi) is 8.66. The van der Waals surface area contributed by atoms with Crippen LogP contribution in [0.25, 0.3) is 0 Å². The van der Waals surface area contributed by atoms with E-state index in [1.165, 1.54) is 17.7 Å². The van der Waals surface area contributed by atoms with Crippen LogP contribution in [0.15, 0.2) is 24.3 Å². The number of carbonyl (C=O) groups excluding carboxylic acids is 2. The Bertz CT molecular complexity index is 816. The van der Waals surface area contributed by atoms with Gasteiger partial charge in [0.2, 0.25) is 15.9 Å². The Balaban J connectivity index is 1.88. The molecule has 2 amide bonds. The van der Waals surface area contributed by atoms with E-state index in [1.807, 2.05) is 0 Å². The quantitative estimate of drug-likeness (QED) is 0.589. The minimum absolute atomic E-state index is 0.173. The molecule has 0 aromatic heterocycles. The summed E-state index contributed by atoms with van der Waals surface area (Å²) in [5.41, 5.74) is 0.805. The zero-order valence-corrected chi connectivity index (χ0v) is 19.2. The van der Waals surface area contributed by atoms with E-state index in [1.54, 1.807) is 38.4 Å². The summed E-state index contributed by atoms with van der Waals surface area (Å²) in [6.07, 6.45) is 4.33. The second kappa shape index (κ2) is 10.8. The lowest BCUT2D eigenvalue weighted by molar-refractivity contribution is -0.119. The fraction of sp³-hybridized carbons (Fsp3) is 0.619. The van der Waals surface area contributed by atoms with Crippen LogP contribution < -0.4 is 9.62 Å². The minimum Gasteiger partial charge on any atom is -0.354 e. The monoisotopic (exact) mass is 438 g/mol. The molecule has 0 aliphatic carbocycles. The number of benzene rings is 1. The van der Waals surface area contributed by atoms with Gasteiger partial charge in [0.25, 0.3) is 5.91 Å². The van der Waals surface area contributed by atoms with Gasteiger partial charge in [0, 0.05) is 26.2 Å². The highest BCUT2D eigenvalue weighted by Gasteiger charge is 2.21. The lowest BCUT2D eigenvalue weighted by atomic mass is 9.99. The molecular weight excluding hydrogens is 404 g/mol. The summed E-state index contributed by atoms with van der Waals surface area (Å²) < 4.78 is 25.5. The molecule has 1 aromatic carbocycles. The van der Waals surface area contributed by atoms with Gasteiger partial charge in [-0.15, -0.1) is 0 Å². The van der Waals surface area contributed by atoms with Crippen LogP contribution in [0.2, 0.25) is 0 Å². The summed E-state index contributed by atoms with van der Waals surface area (Å²) in [6, 6.07) is 6.21. The number of amides is 2. The van der Waals surface area contributed by atoms with Gasteiger partial charge in [-0.2, -0.15) is 0 Å². The summed E-state index contributed by atoms with van der Waals surface area (Å²) >= 11 is 0. The standard InChI is InChI=1S/C21H34N4O4S/c1-17-10-14-24(15-11-17)13-5-12-22-20(26)16-25(30(4,28)29)19-8-6-18(7-9-19)21(27)23(2)3/h6-9,17H,5,10-16H2,1-4H3,(H,22,26). The largest absolute Gasteiger partial charge is 0.354 e. The number of sulfonamides is 1. The Hall–Kier alpha value is -2.13. The van der Waals surface area contributed by atoms with Crippen molar-refractivity contribution in [2.24, 2.45) is 5.92 Å². The Morgan fingerprint density at radius 2 is 1.73 bits per heavy atom. The molecular formula is C21H34N4O4S. The topological polar surface area (TPSA) is 90.0 Å². The zero-order chi connectivity index (χ0) is 22.3. The Labute approximate surface area is 180 Å². The highest BCUT2D eigenvalue weighted by Crippen LogP contribution is 2.19. The van der Waals surface area contributed by atoms with Gasteiger partial charge in [-0.1, -0.05) is 6.92 Å². The predicted molar refractivity (Wildman–Crippen MR) is 119 cm³/mol. The molecule has 1 fully saturated rings. The first kappa shape index (κ1) is 24.1. The maximum absolute atomic E-state index is 12.3. The summed E-state index contributed by atoms with van der Waals surface area (Å²) in [5, 5.41) is 2.82. The third-order valence-electron chi connectivity index (χ3n) is 5.35. The Morgan fingerprint density at radius 1 is 1.13 bits per heavy atom. The van der Waals surface area contributed by atoms with E-state index < -0.39 is 10.0 Å². The van der Waals surface area contributed by atoms with E-state index in [0.717, 1.165) is 42.5 Å². The van der Waals surface area contributed by atoms with E-state index in [-0.39, 0.29) is 18.4 Å². The molecule has 1 aromatic rings. The van der Waals surface area contributed by atoms with Crippen molar-refractivity contribution in [3.63, 3.8) is 0 Å². The second-order valence-electron chi connectivity index (χ2n) is 8.24. The van der Waals surface area contributed by atoms with Crippen LogP contribution in [0.5, 0.6) is 0 Å². The number of nitrogens with zero attached hydrogens (tertiary/aromatic N) is 3. The van der Waals surface area contributed by atoms with Crippen molar-refractivity contribution in [2.45, 2.75) is 26.2 Å². The lowest BCUT2D eigenvalue weighted by Crippen LogP contribution is -2.41. The molecule has 1 N–H and O–H groups in total. The summed E-state index contributed by atoms with van der Waals surface area (Å²) in [6.45, 7) is 5.63. The smallest absolute Gasteiger partial charge is 0.253 e. The third kappa shape index (κ3) is 7.28. The Morgan fingerprint density at radius 3 is 2.27 bits per heavy atom. The molecule has 0 bridgehead atoms. The highest BCUT2D eigenvalue weighted by molar-refractivity contribution is 7.92. The summed E-state index contributed by atoms with van der Waals surface area (Å²) in [5.74, 6) is 0.271. The molecule has 0 spiro atoms. The number of piperidine rings is 1. The van der Waals surface area contributed by atoms with Crippen molar-refractivity contribution >= 4 is 27.5 Å². The average molecular weight is 439 g/mol. The molecule has 1 aliphatic heterocycles. The molecule has 30 heavy (non-hydrogen) atoms. The minimum atomic E-state index is -3.65. The van der Waals surface area contributed by atoms with E-state index >= 15 is 0 Å². The number of carbonyl (C=O) groups is 2. The number of rotatable bonds is 9. The van der Waals surface area contributed by atoms with Crippen LogP contribution in [0.4, 0.5) is 5.69 Å². The fourth-order valence-electron chi connectivity index (χ4n) is 3.43. The second-order valence-corrected chi connectivity index (χ2v) is 10.2. The van der Waals surface area contributed by atoms with Crippen LogP contribution in [0.3, 0.4) is 0 Å². The fourth-order valence-corrected chi connectivity index (χ4v) is 4.29. The molecule has 0 saturated carbocycles. The normalized spacial score (nSPS) is 15.6. The zero-order valence-electron chi connectivity index (χ0n) is 18.4.